The second-order valence-corrected chi connectivity index (χ2v) is 6.66. The first kappa shape index (κ1) is 14.6. The molecule has 0 amide bonds. The average molecular weight is 325 g/mol. The fraction of sp³-hybridized carbons (Fsp3) is 0.0667. The summed E-state index contributed by atoms with van der Waals surface area (Å²) in [6.07, 6.45) is -4.50. The molecule has 0 saturated heterocycles. The van der Waals surface area contributed by atoms with E-state index in [1.54, 1.807) is 24.3 Å². The molecule has 0 spiro atoms. The van der Waals surface area contributed by atoms with E-state index in [1.807, 2.05) is 0 Å². The molecule has 3 aromatic rings. The number of hydrogen-bond donors (Lipinski definition) is 1. The van der Waals surface area contributed by atoms with Crippen LogP contribution in [0.2, 0.25) is 0 Å². The summed E-state index contributed by atoms with van der Waals surface area (Å²) in [5.74, 6) is 0. The van der Waals surface area contributed by atoms with Crippen molar-refractivity contribution in [2.24, 2.45) is 0 Å². The molecule has 0 aliphatic heterocycles. The number of para-hydroxylation sites is 1. The van der Waals surface area contributed by atoms with Crippen LogP contribution in [0.4, 0.5) is 13.2 Å². The molecule has 0 fully saturated rings. The largest absolute Gasteiger partial charge is 0.416 e. The van der Waals surface area contributed by atoms with Gasteiger partial charge in [-0.05, 0) is 36.4 Å². The quantitative estimate of drug-likeness (QED) is 0.773. The Morgan fingerprint density at radius 3 is 2.14 bits per heavy atom. The number of hydrogen-bond acceptors (Lipinski definition) is 2. The van der Waals surface area contributed by atoms with Crippen molar-refractivity contribution in [2.45, 2.75) is 16.1 Å². The van der Waals surface area contributed by atoms with Gasteiger partial charge in [0.15, 0.2) is 0 Å². The Hall–Kier alpha value is -2.28. The number of fused-ring (bicyclic) bond motifs is 1. The fourth-order valence-corrected chi connectivity index (χ4v) is 3.42. The Labute approximate surface area is 124 Å². The third kappa shape index (κ3) is 2.48. The number of sulfone groups is 1. The van der Waals surface area contributed by atoms with E-state index in [0.717, 1.165) is 24.3 Å². The first-order chi connectivity index (χ1) is 10.3. The van der Waals surface area contributed by atoms with E-state index in [-0.39, 0.29) is 9.92 Å². The molecule has 0 bridgehead atoms. The maximum absolute atomic E-state index is 12.5. The molecule has 0 unspecified atom stereocenters. The normalized spacial score (nSPS) is 12.7. The summed E-state index contributed by atoms with van der Waals surface area (Å²) in [5.41, 5.74) is -0.240. The number of halogens is 3. The van der Waals surface area contributed by atoms with Crippen LogP contribution >= 0.6 is 0 Å². The molecule has 22 heavy (non-hydrogen) atoms. The highest BCUT2D eigenvalue weighted by Crippen LogP contribution is 2.31. The molecule has 3 rings (SSSR count). The number of alkyl halides is 3. The number of H-pyrrole nitrogens is 1. The Morgan fingerprint density at radius 1 is 0.909 bits per heavy atom. The molecule has 0 atom stereocenters. The maximum Gasteiger partial charge on any atom is 0.416 e. The lowest BCUT2D eigenvalue weighted by atomic mass is 10.2. The van der Waals surface area contributed by atoms with Gasteiger partial charge in [-0.25, -0.2) is 8.42 Å². The van der Waals surface area contributed by atoms with Gasteiger partial charge in [0, 0.05) is 10.9 Å². The molecule has 0 radical (unpaired) electrons. The van der Waals surface area contributed by atoms with Gasteiger partial charge in [-0.1, -0.05) is 18.2 Å². The molecule has 0 saturated carbocycles. The molecule has 0 aliphatic rings. The number of benzene rings is 2. The highest BCUT2D eigenvalue weighted by Gasteiger charge is 2.31. The number of aromatic amines is 1. The lowest BCUT2D eigenvalue weighted by molar-refractivity contribution is -0.137. The van der Waals surface area contributed by atoms with E-state index < -0.39 is 21.6 Å². The maximum atomic E-state index is 12.5. The lowest BCUT2D eigenvalue weighted by Gasteiger charge is -2.07. The summed E-state index contributed by atoms with van der Waals surface area (Å²) in [6.45, 7) is 0. The molecule has 0 aliphatic carbocycles. The van der Waals surface area contributed by atoms with Crippen LogP contribution < -0.4 is 0 Å². The summed E-state index contributed by atoms with van der Waals surface area (Å²) < 4.78 is 62.5. The van der Waals surface area contributed by atoms with Crippen molar-refractivity contribution in [1.29, 1.82) is 0 Å². The van der Waals surface area contributed by atoms with Gasteiger partial charge in [-0.2, -0.15) is 13.2 Å². The minimum Gasteiger partial charge on any atom is -0.345 e. The van der Waals surface area contributed by atoms with Crippen molar-refractivity contribution in [3.8, 4) is 0 Å². The van der Waals surface area contributed by atoms with Crippen LogP contribution in [0.15, 0.2) is 64.5 Å². The van der Waals surface area contributed by atoms with Crippen molar-refractivity contribution in [2.75, 3.05) is 0 Å². The Bertz CT molecular complexity index is 892. The summed E-state index contributed by atoms with van der Waals surface area (Å²) in [7, 11) is -3.89. The minimum atomic E-state index is -4.50. The molecule has 2 aromatic carbocycles. The topological polar surface area (TPSA) is 49.9 Å². The fourth-order valence-electron chi connectivity index (χ4n) is 2.14. The van der Waals surface area contributed by atoms with E-state index in [9.17, 15) is 21.6 Å². The third-order valence-corrected chi connectivity index (χ3v) is 4.98. The van der Waals surface area contributed by atoms with Crippen molar-refractivity contribution >= 4 is 20.7 Å². The lowest BCUT2D eigenvalue weighted by Crippen LogP contribution is -2.06. The van der Waals surface area contributed by atoms with Crippen molar-refractivity contribution < 1.29 is 21.6 Å². The number of rotatable bonds is 2. The van der Waals surface area contributed by atoms with E-state index in [1.165, 1.54) is 6.07 Å². The molecule has 7 heteroatoms. The molecule has 1 aromatic heterocycles. The van der Waals surface area contributed by atoms with Crippen LogP contribution in [-0.4, -0.2) is 13.4 Å². The zero-order valence-corrected chi connectivity index (χ0v) is 11.9. The second kappa shape index (κ2) is 4.88. The summed E-state index contributed by atoms with van der Waals surface area (Å²) in [5, 5.41) is 0.668. The first-order valence-corrected chi connectivity index (χ1v) is 7.77. The number of nitrogens with one attached hydrogen (secondary N) is 1. The van der Waals surface area contributed by atoms with E-state index in [4.69, 9.17) is 0 Å². The van der Waals surface area contributed by atoms with Gasteiger partial charge in [-0.3, -0.25) is 0 Å². The van der Waals surface area contributed by atoms with Crippen LogP contribution in [0, 0.1) is 0 Å². The van der Waals surface area contributed by atoms with Gasteiger partial charge in [0.05, 0.1) is 10.5 Å². The minimum absolute atomic E-state index is 0.0477. The van der Waals surface area contributed by atoms with Crippen LogP contribution in [0.1, 0.15) is 5.56 Å². The highest BCUT2D eigenvalue weighted by atomic mass is 32.2. The summed E-state index contributed by atoms with van der Waals surface area (Å²) in [4.78, 5) is 2.58. The van der Waals surface area contributed by atoms with Gasteiger partial charge < -0.3 is 4.98 Å². The Kier molecular flexibility index (Phi) is 3.25. The van der Waals surface area contributed by atoms with E-state index in [0.29, 0.717) is 10.9 Å². The molecule has 114 valence electrons. The van der Waals surface area contributed by atoms with Crippen LogP contribution in [0.5, 0.6) is 0 Å². The predicted octanol–water partition coefficient (Wildman–Crippen LogP) is 4.02. The standard InChI is InChI=1S/C15H10F3NO2S/c16-15(17,18)11-5-7-12(8-6-11)22(20,21)14-9-10-3-1-2-4-13(10)19-14/h1-9,19H. The second-order valence-electron chi connectivity index (χ2n) is 4.75. The molecular weight excluding hydrogens is 315 g/mol. The summed E-state index contributed by atoms with van der Waals surface area (Å²) in [6, 6.07) is 11.9. The molecule has 1 heterocycles. The third-order valence-electron chi connectivity index (χ3n) is 3.29. The van der Waals surface area contributed by atoms with Gasteiger partial charge in [0.1, 0.15) is 5.03 Å². The van der Waals surface area contributed by atoms with Gasteiger partial charge in [0.25, 0.3) is 0 Å². The zero-order chi connectivity index (χ0) is 16.0. The number of aromatic nitrogens is 1. The predicted molar refractivity (Wildman–Crippen MR) is 75.2 cm³/mol. The smallest absolute Gasteiger partial charge is 0.345 e. The molecular formula is C15H10F3NO2S. The molecule has 3 nitrogen and oxygen atoms in total. The first-order valence-electron chi connectivity index (χ1n) is 6.28. The average Bonchev–Trinajstić information content (AvgIpc) is 2.91. The monoisotopic (exact) mass is 325 g/mol. The van der Waals surface area contributed by atoms with Gasteiger partial charge in [0.2, 0.25) is 9.84 Å². The van der Waals surface area contributed by atoms with E-state index >= 15 is 0 Å². The van der Waals surface area contributed by atoms with Crippen LogP contribution in [0.25, 0.3) is 10.9 Å². The Morgan fingerprint density at radius 2 is 1.55 bits per heavy atom. The van der Waals surface area contributed by atoms with E-state index in [2.05, 4.69) is 4.98 Å². The highest BCUT2D eigenvalue weighted by molar-refractivity contribution is 7.91. The Balaban J connectivity index is 2.05. The van der Waals surface area contributed by atoms with Gasteiger partial charge in [-0.15, -0.1) is 0 Å². The molecule has 1 N–H and O–H groups in total. The van der Waals surface area contributed by atoms with Crippen molar-refractivity contribution in [3.05, 3.63) is 60.2 Å². The SMILES string of the molecule is O=S(=O)(c1ccc(C(F)(F)F)cc1)c1cc2ccccc2[nH]1. The van der Waals surface area contributed by atoms with Crippen LogP contribution in [0.3, 0.4) is 0 Å². The van der Waals surface area contributed by atoms with Gasteiger partial charge >= 0.3 is 6.18 Å². The van der Waals surface area contributed by atoms with Crippen LogP contribution in [-0.2, 0) is 16.0 Å². The van der Waals surface area contributed by atoms with Crippen molar-refractivity contribution in [3.63, 3.8) is 0 Å². The van der Waals surface area contributed by atoms with Crippen molar-refractivity contribution in [1.82, 2.24) is 4.98 Å². The zero-order valence-electron chi connectivity index (χ0n) is 11.1. The summed E-state index contributed by atoms with van der Waals surface area (Å²) >= 11 is 0.